The highest BCUT2D eigenvalue weighted by Gasteiger charge is 2.42. The first-order chi connectivity index (χ1) is 15.5. The number of aromatic nitrogens is 2. The lowest BCUT2D eigenvalue weighted by molar-refractivity contribution is 0.549. The van der Waals surface area contributed by atoms with Gasteiger partial charge < -0.3 is 14.8 Å². The molecular formula is C24H17Cl2FN4S. The summed E-state index contributed by atoms with van der Waals surface area (Å²) in [5.41, 5.74) is 3.47. The number of nitrogens with zero attached hydrogens (tertiary/aromatic N) is 3. The van der Waals surface area contributed by atoms with Crippen LogP contribution in [0.3, 0.4) is 0 Å². The fraction of sp³-hybridized carbons (Fsp3) is 0.0833. The number of nitrogens with one attached hydrogen (secondary N) is 1. The van der Waals surface area contributed by atoms with Crippen LogP contribution in [0.25, 0.3) is 5.69 Å². The van der Waals surface area contributed by atoms with Crippen LogP contribution in [0, 0.1) is 5.82 Å². The van der Waals surface area contributed by atoms with E-state index in [9.17, 15) is 4.39 Å². The van der Waals surface area contributed by atoms with Crippen molar-refractivity contribution < 1.29 is 4.39 Å². The second-order valence-electron chi connectivity index (χ2n) is 7.37. The van der Waals surface area contributed by atoms with E-state index < -0.39 is 5.82 Å². The van der Waals surface area contributed by atoms with Gasteiger partial charge in [-0.1, -0.05) is 29.3 Å². The fourth-order valence-corrected chi connectivity index (χ4v) is 4.69. The summed E-state index contributed by atoms with van der Waals surface area (Å²) in [7, 11) is 0. The van der Waals surface area contributed by atoms with Crippen LogP contribution in [0.5, 0.6) is 0 Å². The van der Waals surface area contributed by atoms with Crippen LogP contribution in [0.4, 0.5) is 10.1 Å². The van der Waals surface area contributed by atoms with Gasteiger partial charge in [-0.2, -0.15) is 0 Å². The summed E-state index contributed by atoms with van der Waals surface area (Å²) in [5, 5.41) is 4.73. The highest BCUT2D eigenvalue weighted by Crippen LogP contribution is 2.42. The predicted octanol–water partition coefficient (Wildman–Crippen LogP) is 6.50. The number of anilines is 1. The summed E-state index contributed by atoms with van der Waals surface area (Å²) in [4.78, 5) is 6.63. The van der Waals surface area contributed by atoms with Gasteiger partial charge in [0.1, 0.15) is 11.9 Å². The molecule has 4 aromatic rings. The van der Waals surface area contributed by atoms with Crippen LogP contribution in [-0.4, -0.2) is 14.7 Å². The van der Waals surface area contributed by atoms with Gasteiger partial charge in [0.25, 0.3) is 0 Å². The molecule has 2 atom stereocenters. The molecule has 0 amide bonds. The quantitative estimate of drug-likeness (QED) is 0.336. The lowest BCUT2D eigenvalue weighted by atomic mass is 10.0. The van der Waals surface area contributed by atoms with E-state index in [-0.39, 0.29) is 17.1 Å². The molecule has 32 heavy (non-hydrogen) atoms. The van der Waals surface area contributed by atoms with E-state index in [0.717, 1.165) is 22.8 Å². The highest BCUT2D eigenvalue weighted by atomic mass is 35.5. The van der Waals surface area contributed by atoms with Crippen LogP contribution in [0.2, 0.25) is 10.0 Å². The van der Waals surface area contributed by atoms with Gasteiger partial charge in [0.15, 0.2) is 5.11 Å². The standard InChI is InChI=1S/C24H17Cl2FN4S/c25-15-6-8-16(9-7-15)31-23(22(29-24(31)32)20-4-1-2-12-28-20)21-5-3-13-30(21)17-10-11-19(27)18(26)14-17/h1-14,22-23H,(H,29,32)/t22-,23+/m0/s1. The summed E-state index contributed by atoms with van der Waals surface area (Å²) in [6, 6.07) is 21.6. The van der Waals surface area contributed by atoms with Gasteiger partial charge in [-0.25, -0.2) is 4.39 Å². The number of thiocarbonyl (C=S) groups is 1. The molecule has 5 rings (SSSR count). The monoisotopic (exact) mass is 482 g/mol. The molecule has 3 heterocycles. The molecule has 0 unspecified atom stereocenters. The van der Waals surface area contributed by atoms with Gasteiger partial charge in [0.2, 0.25) is 0 Å². The Morgan fingerprint density at radius 2 is 1.72 bits per heavy atom. The summed E-state index contributed by atoms with van der Waals surface area (Å²) >= 11 is 18.0. The van der Waals surface area contributed by atoms with E-state index in [2.05, 4.69) is 15.2 Å². The van der Waals surface area contributed by atoms with Crippen LogP contribution >= 0.6 is 35.4 Å². The maximum Gasteiger partial charge on any atom is 0.174 e. The summed E-state index contributed by atoms with van der Waals surface area (Å²) < 4.78 is 15.8. The Labute approximate surface area is 200 Å². The van der Waals surface area contributed by atoms with E-state index in [1.54, 1.807) is 18.3 Å². The molecule has 1 saturated heterocycles. The van der Waals surface area contributed by atoms with Crippen molar-refractivity contribution in [1.82, 2.24) is 14.9 Å². The van der Waals surface area contributed by atoms with Crippen molar-refractivity contribution in [3.63, 3.8) is 0 Å². The topological polar surface area (TPSA) is 33.1 Å². The van der Waals surface area contributed by atoms with E-state index in [1.165, 1.54) is 6.07 Å². The molecule has 0 aliphatic carbocycles. The Kier molecular flexibility index (Phi) is 5.59. The van der Waals surface area contributed by atoms with Crippen LogP contribution < -0.4 is 10.2 Å². The van der Waals surface area contributed by atoms with Crippen molar-refractivity contribution in [2.45, 2.75) is 12.1 Å². The first-order valence-electron chi connectivity index (χ1n) is 9.92. The predicted molar refractivity (Wildman–Crippen MR) is 130 cm³/mol. The second-order valence-corrected chi connectivity index (χ2v) is 8.60. The minimum Gasteiger partial charge on any atom is -0.351 e. The summed E-state index contributed by atoms with van der Waals surface area (Å²) in [6.07, 6.45) is 3.69. The number of halogens is 3. The largest absolute Gasteiger partial charge is 0.351 e. The van der Waals surface area contributed by atoms with E-state index in [4.69, 9.17) is 35.4 Å². The van der Waals surface area contributed by atoms with E-state index >= 15 is 0 Å². The molecule has 160 valence electrons. The second kappa shape index (κ2) is 8.54. The number of rotatable bonds is 4. The molecule has 0 saturated carbocycles. The Bertz CT molecular complexity index is 1280. The number of pyridine rings is 1. The molecule has 8 heteroatoms. The molecule has 0 spiro atoms. The van der Waals surface area contributed by atoms with Gasteiger partial charge in [0, 0.05) is 34.5 Å². The molecule has 0 radical (unpaired) electrons. The minimum absolute atomic E-state index is 0.0676. The molecular weight excluding hydrogens is 466 g/mol. The summed E-state index contributed by atoms with van der Waals surface area (Å²) in [6.45, 7) is 0. The van der Waals surface area contributed by atoms with Crippen LogP contribution in [0.1, 0.15) is 23.5 Å². The Hall–Kier alpha value is -2.93. The average Bonchev–Trinajstić information content (AvgIpc) is 3.41. The molecule has 1 aliphatic rings. The first-order valence-corrected chi connectivity index (χ1v) is 11.1. The van der Waals surface area contributed by atoms with Crippen LogP contribution in [-0.2, 0) is 0 Å². The molecule has 1 aliphatic heterocycles. The summed E-state index contributed by atoms with van der Waals surface area (Å²) in [5.74, 6) is -0.456. The Morgan fingerprint density at radius 1 is 0.938 bits per heavy atom. The van der Waals surface area contributed by atoms with Crippen molar-refractivity contribution >= 4 is 46.2 Å². The van der Waals surface area contributed by atoms with Gasteiger partial charge in [-0.05, 0) is 78.9 Å². The molecule has 0 bridgehead atoms. The normalized spacial score (nSPS) is 18.1. The Morgan fingerprint density at radius 3 is 2.44 bits per heavy atom. The zero-order chi connectivity index (χ0) is 22.2. The van der Waals surface area contributed by atoms with Crippen LogP contribution in [0.15, 0.2) is 85.2 Å². The van der Waals surface area contributed by atoms with Gasteiger partial charge >= 0.3 is 0 Å². The first kappa shape index (κ1) is 20.9. The van der Waals surface area contributed by atoms with Crippen molar-refractivity contribution in [2.75, 3.05) is 4.90 Å². The highest BCUT2D eigenvalue weighted by molar-refractivity contribution is 7.80. The maximum atomic E-state index is 13.8. The van der Waals surface area contributed by atoms with Crippen molar-refractivity contribution in [1.29, 1.82) is 0 Å². The molecule has 1 fully saturated rings. The van der Waals surface area contributed by atoms with Crippen molar-refractivity contribution in [2.24, 2.45) is 0 Å². The lowest BCUT2D eigenvalue weighted by Gasteiger charge is -2.29. The van der Waals surface area contributed by atoms with Gasteiger partial charge in [-0.3, -0.25) is 4.98 Å². The van der Waals surface area contributed by atoms with Gasteiger partial charge in [-0.15, -0.1) is 0 Å². The number of benzene rings is 2. The number of hydrogen-bond donors (Lipinski definition) is 1. The molecule has 2 aromatic heterocycles. The fourth-order valence-electron chi connectivity index (χ4n) is 4.04. The van der Waals surface area contributed by atoms with Gasteiger partial charge in [0.05, 0.1) is 16.8 Å². The molecule has 2 aromatic carbocycles. The smallest absolute Gasteiger partial charge is 0.174 e. The zero-order valence-corrected chi connectivity index (χ0v) is 18.9. The molecule has 4 nitrogen and oxygen atoms in total. The third-order valence-corrected chi connectivity index (χ3v) is 6.32. The minimum atomic E-state index is -0.456. The SMILES string of the molecule is Fc1ccc(-n2cccc2[C@@H]2[C@H](c3ccccn3)NC(=S)N2c2ccc(Cl)cc2)cc1Cl. The lowest BCUT2D eigenvalue weighted by Crippen LogP contribution is -2.30. The van der Waals surface area contributed by atoms with E-state index in [0.29, 0.717) is 10.1 Å². The average molecular weight is 483 g/mol. The maximum absolute atomic E-state index is 13.8. The van der Waals surface area contributed by atoms with E-state index in [1.807, 2.05) is 65.4 Å². The third-order valence-electron chi connectivity index (χ3n) is 5.47. The number of hydrogen-bond acceptors (Lipinski definition) is 2. The zero-order valence-electron chi connectivity index (χ0n) is 16.6. The molecule has 1 N–H and O–H groups in total. The van der Waals surface area contributed by atoms with Crippen molar-refractivity contribution in [3.8, 4) is 5.69 Å². The van der Waals surface area contributed by atoms with Crippen molar-refractivity contribution in [3.05, 3.63) is 112 Å². The third kappa shape index (κ3) is 3.75. The Balaban J connectivity index is 1.67.